The van der Waals surface area contributed by atoms with Crippen LogP contribution in [0.25, 0.3) is 0 Å². The molecule has 0 bridgehead atoms. The minimum atomic E-state index is 0.715. The molecule has 0 saturated carbocycles. The van der Waals surface area contributed by atoms with Crippen molar-refractivity contribution in [1.29, 1.82) is 0 Å². The minimum Gasteiger partial charge on any atom is -0.262 e. The second kappa shape index (κ2) is 7.68. The van der Waals surface area contributed by atoms with Gasteiger partial charge in [0.05, 0.1) is 11.4 Å². The zero-order valence-electron chi connectivity index (χ0n) is 9.53. The molecule has 0 aromatic rings. The zero-order valence-corrected chi connectivity index (χ0v) is 9.53. The van der Waals surface area contributed by atoms with Crippen LogP contribution in [-0.2, 0) is 0 Å². The highest BCUT2D eigenvalue weighted by atomic mass is 14.8. The molecule has 2 nitrogen and oxygen atoms in total. The van der Waals surface area contributed by atoms with Crippen molar-refractivity contribution in [2.24, 2.45) is 9.98 Å². The summed E-state index contributed by atoms with van der Waals surface area (Å²) in [6.07, 6.45) is 8.01. The minimum absolute atomic E-state index is 0.715. The Kier molecular flexibility index (Phi) is 6.81. The predicted molar refractivity (Wildman–Crippen MR) is 69.5 cm³/mol. The van der Waals surface area contributed by atoms with E-state index in [4.69, 9.17) is 0 Å². The van der Waals surface area contributed by atoms with Crippen molar-refractivity contribution in [1.82, 2.24) is 0 Å². The van der Waals surface area contributed by atoms with Crippen molar-refractivity contribution >= 4 is 12.9 Å². The van der Waals surface area contributed by atoms with Crippen LogP contribution < -0.4 is 0 Å². The molecule has 0 unspecified atom stereocenters. The third-order valence-corrected chi connectivity index (χ3v) is 1.61. The summed E-state index contributed by atoms with van der Waals surface area (Å²) < 4.78 is 0. The Morgan fingerprint density at radius 2 is 2.07 bits per heavy atom. The van der Waals surface area contributed by atoms with Crippen molar-refractivity contribution in [3.63, 3.8) is 0 Å². The van der Waals surface area contributed by atoms with E-state index < -0.39 is 0 Å². The number of hydrogen-bond acceptors (Lipinski definition) is 2. The molecule has 0 atom stereocenters. The molecule has 0 aliphatic heterocycles. The van der Waals surface area contributed by atoms with Crippen LogP contribution in [0.4, 0.5) is 0 Å². The van der Waals surface area contributed by atoms with Gasteiger partial charge in [0, 0.05) is 6.21 Å². The van der Waals surface area contributed by atoms with E-state index in [0.29, 0.717) is 5.70 Å². The van der Waals surface area contributed by atoms with Gasteiger partial charge in [-0.2, -0.15) is 0 Å². The molecule has 80 valence electrons. The summed E-state index contributed by atoms with van der Waals surface area (Å²) in [6, 6.07) is 0. The maximum Gasteiger partial charge on any atom is 0.0905 e. The van der Waals surface area contributed by atoms with E-state index in [1.807, 2.05) is 26.1 Å². The molecule has 0 amide bonds. The van der Waals surface area contributed by atoms with Gasteiger partial charge in [-0.1, -0.05) is 32.2 Å². The van der Waals surface area contributed by atoms with Gasteiger partial charge in [0.2, 0.25) is 0 Å². The van der Waals surface area contributed by atoms with Crippen molar-refractivity contribution in [2.75, 3.05) is 0 Å². The quantitative estimate of drug-likeness (QED) is 0.463. The lowest BCUT2D eigenvalue weighted by Gasteiger charge is -2.03. The summed E-state index contributed by atoms with van der Waals surface area (Å²) in [7, 11) is 0. The van der Waals surface area contributed by atoms with Gasteiger partial charge in [-0.05, 0) is 31.7 Å². The fraction of sp³-hybridized carbons (Fsp3) is 0.231. The maximum atomic E-state index is 4.30. The molecule has 0 saturated heterocycles. The topological polar surface area (TPSA) is 24.7 Å². The fourth-order valence-electron chi connectivity index (χ4n) is 0.943. The van der Waals surface area contributed by atoms with E-state index in [1.165, 1.54) is 0 Å². The van der Waals surface area contributed by atoms with E-state index in [0.717, 1.165) is 17.7 Å². The first kappa shape index (κ1) is 13.3. The highest BCUT2D eigenvalue weighted by molar-refractivity contribution is 5.60. The number of rotatable bonds is 6. The molecule has 0 aromatic heterocycles. The second-order valence-electron chi connectivity index (χ2n) is 2.99. The first-order valence-electron chi connectivity index (χ1n) is 4.85. The molecule has 0 heterocycles. The Hall–Kier alpha value is -1.70. The molecule has 0 spiro atoms. The first-order chi connectivity index (χ1) is 7.17. The average Bonchev–Trinajstić information content (AvgIpc) is 2.22. The molecule has 0 aliphatic carbocycles. The molecule has 0 aromatic carbocycles. The van der Waals surface area contributed by atoms with Gasteiger partial charge >= 0.3 is 0 Å². The monoisotopic (exact) mass is 202 g/mol. The predicted octanol–water partition coefficient (Wildman–Crippen LogP) is 3.70. The van der Waals surface area contributed by atoms with Crippen LogP contribution in [0.5, 0.6) is 0 Å². The fourth-order valence-corrected chi connectivity index (χ4v) is 0.943. The summed E-state index contributed by atoms with van der Waals surface area (Å²) in [6.45, 7) is 14.9. The smallest absolute Gasteiger partial charge is 0.0905 e. The normalized spacial score (nSPS) is 12.9. The van der Waals surface area contributed by atoms with Gasteiger partial charge in [-0.25, -0.2) is 0 Å². The summed E-state index contributed by atoms with van der Waals surface area (Å²) in [5, 5.41) is 0. The number of hydrogen-bond donors (Lipinski definition) is 0. The van der Waals surface area contributed by atoms with Crippen molar-refractivity contribution in [3.05, 3.63) is 48.4 Å². The van der Waals surface area contributed by atoms with Gasteiger partial charge in [-0.15, -0.1) is 0 Å². The lowest BCUT2D eigenvalue weighted by molar-refractivity contribution is 1.20. The molecule has 0 rings (SSSR count). The van der Waals surface area contributed by atoms with Gasteiger partial charge in [0.25, 0.3) is 0 Å². The molecule has 0 aliphatic rings. The third kappa shape index (κ3) is 4.91. The summed E-state index contributed by atoms with van der Waals surface area (Å²) >= 11 is 0. The lowest BCUT2D eigenvalue weighted by Crippen LogP contribution is -1.87. The van der Waals surface area contributed by atoms with Crippen molar-refractivity contribution < 1.29 is 0 Å². The molecule has 2 heteroatoms. The Bertz CT molecular complexity index is 330. The Balaban J connectivity index is 5.26. The van der Waals surface area contributed by atoms with Crippen LogP contribution in [0.3, 0.4) is 0 Å². The summed E-state index contributed by atoms with van der Waals surface area (Å²) in [4.78, 5) is 8.22. The van der Waals surface area contributed by atoms with E-state index in [2.05, 4.69) is 29.9 Å². The highest BCUT2D eigenvalue weighted by Crippen LogP contribution is 2.16. The van der Waals surface area contributed by atoms with Gasteiger partial charge in [0.1, 0.15) is 0 Å². The molecule has 0 fully saturated rings. The Labute approximate surface area is 92.2 Å². The van der Waals surface area contributed by atoms with E-state index in [9.17, 15) is 0 Å². The molecule has 0 N–H and O–H groups in total. The van der Waals surface area contributed by atoms with Crippen LogP contribution in [-0.4, -0.2) is 12.9 Å². The lowest BCUT2D eigenvalue weighted by atomic mass is 10.2. The Morgan fingerprint density at radius 3 is 2.47 bits per heavy atom. The largest absolute Gasteiger partial charge is 0.262 e. The third-order valence-electron chi connectivity index (χ3n) is 1.61. The zero-order chi connectivity index (χ0) is 11.7. The summed E-state index contributed by atoms with van der Waals surface area (Å²) in [5.41, 5.74) is 2.35. The van der Waals surface area contributed by atoms with Crippen LogP contribution in [0.15, 0.2) is 58.3 Å². The molecule has 0 radical (unpaired) electrons. The summed E-state index contributed by atoms with van der Waals surface area (Å²) in [5.74, 6) is 0. The highest BCUT2D eigenvalue weighted by Gasteiger charge is 2.00. The van der Waals surface area contributed by atoms with Gasteiger partial charge in [0.15, 0.2) is 0 Å². The second-order valence-corrected chi connectivity index (χ2v) is 2.99. The van der Waals surface area contributed by atoms with E-state index in [-0.39, 0.29) is 0 Å². The number of aliphatic imine (C=N–C) groups is 2. The first-order valence-corrected chi connectivity index (χ1v) is 4.85. The van der Waals surface area contributed by atoms with E-state index >= 15 is 0 Å². The Morgan fingerprint density at radius 1 is 1.40 bits per heavy atom. The van der Waals surface area contributed by atoms with Crippen LogP contribution >= 0.6 is 0 Å². The van der Waals surface area contributed by atoms with Gasteiger partial charge in [-0.3, -0.25) is 9.98 Å². The average molecular weight is 202 g/mol. The van der Waals surface area contributed by atoms with Crippen LogP contribution in [0.2, 0.25) is 0 Å². The number of nitrogens with zero attached hydrogens (tertiary/aromatic N) is 2. The molecular weight excluding hydrogens is 184 g/mol. The van der Waals surface area contributed by atoms with Crippen molar-refractivity contribution in [3.8, 4) is 0 Å². The maximum absolute atomic E-state index is 4.30. The molecule has 15 heavy (non-hydrogen) atoms. The SMILES string of the molecule is C=C/C=C\C(N=C)=C(\N=CCC)C(=C)C. The number of allylic oxidation sites excluding steroid dienone is 4. The van der Waals surface area contributed by atoms with Crippen LogP contribution in [0, 0.1) is 0 Å². The van der Waals surface area contributed by atoms with Crippen molar-refractivity contribution in [2.45, 2.75) is 20.3 Å². The standard InChI is InChI=1S/C13H18N2/c1-6-8-9-12(14-5)13(11(3)4)15-10-7-2/h6,8-10H,1,3,5,7H2,2,4H3/b9-8-,13-12-,15-10?. The molecular formula is C13H18N2. The van der Waals surface area contributed by atoms with Crippen LogP contribution in [0.1, 0.15) is 20.3 Å². The van der Waals surface area contributed by atoms with E-state index in [1.54, 1.807) is 12.2 Å². The van der Waals surface area contributed by atoms with Gasteiger partial charge < -0.3 is 0 Å².